The molecule has 4 aromatic carbocycles. The van der Waals surface area contributed by atoms with Crippen molar-refractivity contribution >= 4 is 0 Å². The fourth-order valence-electron chi connectivity index (χ4n) is 5.06. The molecule has 2 heteroatoms. The minimum atomic E-state index is 0.277. The first-order valence-corrected chi connectivity index (χ1v) is 13.0. The average molecular weight is 484 g/mol. The number of hydrogen-bond donors (Lipinski definition) is 1. The van der Waals surface area contributed by atoms with Crippen LogP contribution >= 0.6 is 0 Å². The fraction of sp³-hybridized carbons (Fsp3) is 0.171. The van der Waals surface area contributed by atoms with E-state index in [9.17, 15) is 5.11 Å². The third-order valence-corrected chi connectivity index (χ3v) is 6.95. The van der Waals surface area contributed by atoms with Crippen molar-refractivity contribution in [3.05, 3.63) is 120 Å². The lowest BCUT2D eigenvalue weighted by Crippen LogP contribution is -2.02. The number of hydrogen-bond acceptors (Lipinski definition) is 2. The lowest BCUT2D eigenvalue weighted by molar-refractivity contribution is 0.477. The summed E-state index contributed by atoms with van der Waals surface area (Å²) in [5, 5.41) is 10.7. The molecule has 2 nitrogen and oxygen atoms in total. The molecule has 0 fully saturated rings. The number of pyridine rings is 1. The highest BCUT2D eigenvalue weighted by molar-refractivity contribution is 5.86. The zero-order valence-electron chi connectivity index (χ0n) is 21.9. The van der Waals surface area contributed by atoms with E-state index in [1.165, 1.54) is 27.8 Å². The minimum absolute atomic E-state index is 0.277. The van der Waals surface area contributed by atoms with Crippen molar-refractivity contribution in [2.45, 2.75) is 39.5 Å². The highest BCUT2D eigenvalue weighted by Gasteiger charge is 2.20. The maximum absolute atomic E-state index is 10.7. The van der Waals surface area contributed by atoms with Crippen LogP contribution in [-0.4, -0.2) is 10.1 Å². The van der Waals surface area contributed by atoms with Gasteiger partial charge in [-0.3, -0.25) is 4.98 Å². The van der Waals surface area contributed by atoms with Gasteiger partial charge < -0.3 is 5.11 Å². The van der Waals surface area contributed by atoms with Gasteiger partial charge in [-0.05, 0) is 87.2 Å². The van der Waals surface area contributed by atoms with Crippen molar-refractivity contribution in [3.63, 3.8) is 0 Å². The molecule has 0 atom stereocenters. The number of aromatic nitrogens is 1. The molecule has 0 spiro atoms. The van der Waals surface area contributed by atoms with Crippen molar-refractivity contribution in [3.8, 4) is 50.4 Å². The molecule has 0 radical (unpaired) electrons. The lowest BCUT2D eigenvalue weighted by atomic mass is 9.81. The third kappa shape index (κ3) is 5.06. The molecule has 1 aromatic heterocycles. The van der Waals surface area contributed by atoms with E-state index < -0.39 is 0 Å². The van der Waals surface area contributed by atoms with Gasteiger partial charge in [0.05, 0.1) is 5.69 Å². The van der Waals surface area contributed by atoms with Gasteiger partial charge >= 0.3 is 0 Å². The van der Waals surface area contributed by atoms with Gasteiger partial charge in [0.2, 0.25) is 0 Å². The number of phenolic OH excluding ortho intramolecular Hbond substituents is 1. The molecule has 0 aliphatic carbocycles. The van der Waals surface area contributed by atoms with E-state index >= 15 is 0 Å². The molecule has 0 aliphatic rings. The van der Waals surface area contributed by atoms with Crippen LogP contribution in [0, 0.1) is 0 Å². The monoisotopic (exact) mass is 483 g/mol. The molecule has 1 heterocycles. The molecule has 0 saturated carbocycles. The predicted molar refractivity (Wildman–Crippen MR) is 156 cm³/mol. The number of aromatic hydroxyl groups is 1. The summed E-state index contributed by atoms with van der Waals surface area (Å²) in [6.07, 6.45) is 1.83. The van der Waals surface area contributed by atoms with Gasteiger partial charge in [0.25, 0.3) is 0 Å². The van der Waals surface area contributed by atoms with Crippen LogP contribution in [0.15, 0.2) is 109 Å². The van der Waals surface area contributed by atoms with E-state index in [0.717, 1.165) is 27.9 Å². The molecule has 184 valence electrons. The SMILES string of the molecule is CC(C)c1cc(-c2ccccc2)cc(C(C)C)c1-c1cc(-c2ccccn2)cc(-c2ccccc2O)c1. The van der Waals surface area contributed by atoms with Crippen LogP contribution in [0.5, 0.6) is 5.75 Å². The molecule has 0 unspecified atom stereocenters. The van der Waals surface area contributed by atoms with Crippen molar-refractivity contribution in [2.24, 2.45) is 0 Å². The molecule has 37 heavy (non-hydrogen) atoms. The van der Waals surface area contributed by atoms with Crippen LogP contribution in [0.25, 0.3) is 44.6 Å². The van der Waals surface area contributed by atoms with Crippen molar-refractivity contribution in [1.29, 1.82) is 0 Å². The Kier molecular flexibility index (Phi) is 6.92. The van der Waals surface area contributed by atoms with Crippen LogP contribution in [-0.2, 0) is 0 Å². The number of rotatable bonds is 6. The van der Waals surface area contributed by atoms with Gasteiger partial charge in [-0.25, -0.2) is 0 Å². The van der Waals surface area contributed by atoms with Crippen LogP contribution < -0.4 is 0 Å². The van der Waals surface area contributed by atoms with Gasteiger partial charge in [-0.15, -0.1) is 0 Å². The zero-order chi connectivity index (χ0) is 25.9. The van der Waals surface area contributed by atoms with Gasteiger partial charge in [0, 0.05) is 17.3 Å². The second kappa shape index (κ2) is 10.4. The Hall–Kier alpha value is -4.17. The van der Waals surface area contributed by atoms with E-state index in [2.05, 4.69) is 93.3 Å². The first kappa shape index (κ1) is 24.5. The van der Waals surface area contributed by atoms with Crippen molar-refractivity contribution in [2.75, 3.05) is 0 Å². The van der Waals surface area contributed by atoms with Crippen molar-refractivity contribution < 1.29 is 5.11 Å². The predicted octanol–water partition coefficient (Wildman–Crippen LogP) is 9.70. The number of nitrogens with zero attached hydrogens (tertiary/aromatic N) is 1. The highest BCUT2D eigenvalue weighted by Crippen LogP contribution is 2.43. The molecule has 1 N–H and O–H groups in total. The maximum Gasteiger partial charge on any atom is 0.123 e. The van der Waals surface area contributed by atoms with E-state index in [-0.39, 0.29) is 5.75 Å². The summed E-state index contributed by atoms with van der Waals surface area (Å²) >= 11 is 0. The molecular weight excluding hydrogens is 450 g/mol. The molecule has 0 bridgehead atoms. The fourth-order valence-corrected chi connectivity index (χ4v) is 5.06. The quantitative estimate of drug-likeness (QED) is 0.261. The van der Waals surface area contributed by atoms with Gasteiger partial charge in [0.1, 0.15) is 5.75 Å². The Morgan fingerprint density at radius 1 is 0.541 bits per heavy atom. The highest BCUT2D eigenvalue weighted by atomic mass is 16.3. The van der Waals surface area contributed by atoms with E-state index in [1.54, 1.807) is 6.07 Å². The van der Waals surface area contributed by atoms with Crippen molar-refractivity contribution in [1.82, 2.24) is 4.98 Å². The van der Waals surface area contributed by atoms with Crippen LogP contribution in [0.1, 0.15) is 50.7 Å². The Morgan fingerprint density at radius 3 is 1.76 bits per heavy atom. The largest absolute Gasteiger partial charge is 0.507 e. The van der Waals surface area contributed by atoms with Gasteiger partial charge in [-0.2, -0.15) is 0 Å². The summed E-state index contributed by atoms with van der Waals surface area (Å²) in [4.78, 5) is 4.65. The topological polar surface area (TPSA) is 33.1 Å². The normalized spacial score (nSPS) is 11.3. The Bertz CT molecular complexity index is 1490. The Balaban J connectivity index is 1.81. The summed E-state index contributed by atoms with van der Waals surface area (Å²) in [5.74, 6) is 0.950. The maximum atomic E-state index is 10.7. The molecule has 0 amide bonds. The smallest absolute Gasteiger partial charge is 0.123 e. The second-order valence-corrected chi connectivity index (χ2v) is 10.2. The van der Waals surface area contributed by atoms with Crippen LogP contribution in [0.2, 0.25) is 0 Å². The molecule has 5 rings (SSSR count). The summed E-state index contributed by atoms with van der Waals surface area (Å²) in [5.41, 5.74) is 11.3. The lowest BCUT2D eigenvalue weighted by Gasteiger charge is -2.23. The number of para-hydroxylation sites is 1. The summed E-state index contributed by atoms with van der Waals surface area (Å²) in [6.45, 7) is 9.07. The molecule has 0 aliphatic heterocycles. The molecule has 5 aromatic rings. The Morgan fingerprint density at radius 2 is 1.14 bits per heavy atom. The van der Waals surface area contributed by atoms with Crippen LogP contribution in [0.3, 0.4) is 0 Å². The Labute approximate surface area is 220 Å². The average Bonchev–Trinajstić information content (AvgIpc) is 2.93. The summed E-state index contributed by atoms with van der Waals surface area (Å²) in [6, 6.07) is 35.5. The zero-order valence-corrected chi connectivity index (χ0v) is 21.9. The third-order valence-electron chi connectivity index (χ3n) is 6.95. The summed E-state index contributed by atoms with van der Waals surface area (Å²) < 4.78 is 0. The van der Waals surface area contributed by atoms with Gasteiger partial charge in [-0.1, -0.05) is 94.4 Å². The number of benzene rings is 4. The standard InChI is InChI=1S/C35H33NO/c1-23(2)31-21-26(25-12-6-5-7-13-25)22-32(24(3)4)35(31)29-19-27(30-14-8-9-16-34(30)37)18-28(20-29)33-15-10-11-17-36-33/h5-24,37H,1-4H3. The van der Waals surface area contributed by atoms with E-state index in [0.29, 0.717) is 11.8 Å². The van der Waals surface area contributed by atoms with E-state index in [4.69, 9.17) is 0 Å². The second-order valence-electron chi connectivity index (χ2n) is 10.2. The minimum Gasteiger partial charge on any atom is -0.507 e. The van der Waals surface area contributed by atoms with E-state index in [1.807, 2.05) is 42.6 Å². The van der Waals surface area contributed by atoms with Gasteiger partial charge in [0.15, 0.2) is 0 Å². The first-order valence-electron chi connectivity index (χ1n) is 13.0. The molecule has 0 saturated heterocycles. The number of phenols is 1. The first-order chi connectivity index (χ1) is 17.9. The van der Waals surface area contributed by atoms with Crippen LogP contribution in [0.4, 0.5) is 0 Å². The summed E-state index contributed by atoms with van der Waals surface area (Å²) in [7, 11) is 0. The molecular formula is C35H33NO.